The zero-order chi connectivity index (χ0) is 12.9. The highest BCUT2D eigenvalue weighted by atomic mass is 19.4. The summed E-state index contributed by atoms with van der Waals surface area (Å²) >= 11 is 0. The summed E-state index contributed by atoms with van der Waals surface area (Å²) in [6.45, 7) is 1.67. The fourth-order valence-corrected chi connectivity index (χ4v) is 0.476. The van der Waals surface area contributed by atoms with Gasteiger partial charge in [-0.05, 0) is 12.1 Å². The zero-order valence-electron chi connectivity index (χ0n) is 7.87. The second-order valence-electron chi connectivity index (χ2n) is 2.41. The minimum absolute atomic E-state index is 0.117. The maximum Gasteiger partial charge on any atom is 0.490 e. The lowest BCUT2D eigenvalue weighted by molar-refractivity contribution is -0.192. The van der Waals surface area contributed by atoms with E-state index in [1.54, 1.807) is 6.92 Å². The van der Waals surface area contributed by atoms with Crippen molar-refractivity contribution in [2.45, 2.75) is 13.1 Å². The number of nitrogens with two attached hydrogens (primary N) is 1. The number of nitrogens with zero attached hydrogens (tertiary/aromatic N) is 2. The highest BCUT2D eigenvalue weighted by Crippen LogP contribution is 2.13. The van der Waals surface area contributed by atoms with Crippen molar-refractivity contribution in [1.82, 2.24) is 10.3 Å². The minimum atomic E-state index is -5.08. The smallest absolute Gasteiger partial charge is 0.475 e. The van der Waals surface area contributed by atoms with Gasteiger partial charge < -0.3 is 10.8 Å². The van der Waals surface area contributed by atoms with Crippen LogP contribution in [0.3, 0.4) is 0 Å². The monoisotopic (exact) mass is 240 g/mol. The average molecular weight is 240 g/mol. The Labute approximate surface area is 86.5 Å². The number of rotatable bonds is 1. The van der Waals surface area contributed by atoms with E-state index < -0.39 is 12.1 Å². The molecule has 0 saturated carbocycles. The Morgan fingerprint density at radius 3 is 2.06 bits per heavy atom. The van der Waals surface area contributed by atoms with Gasteiger partial charge in [-0.2, -0.15) is 13.2 Å². The molecule has 10 heteroatoms. The number of aliphatic carboxylic acids is 1. The number of hydrogen-bond donors (Lipinski definition) is 3. The van der Waals surface area contributed by atoms with Crippen molar-refractivity contribution in [3.8, 4) is 0 Å². The number of hydrogen-bond acceptors (Lipinski definition) is 5. The molecule has 0 fully saturated rings. The van der Waals surface area contributed by atoms with E-state index in [0.717, 1.165) is 0 Å². The van der Waals surface area contributed by atoms with Gasteiger partial charge in [-0.25, -0.2) is 9.42 Å². The summed E-state index contributed by atoms with van der Waals surface area (Å²) in [5.41, 5.74) is 5.94. The van der Waals surface area contributed by atoms with Crippen LogP contribution in [0.2, 0.25) is 0 Å². The van der Waals surface area contributed by atoms with Crippen LogP contribution < -0.4 is 5.73 Å². The number of aryl methyl sites for hydroxylation is 1. The standard InChI is InChI=1S/C4H6N4O.C2HF3O2/c1-2-3(4(5)6)8-9-7-2;3-2(4,5)1(6)7/h1H3,(H3,5,6);(H,6,7). The van der Waals surface area contributed by atoms with Gasteiger partial charge in [-0.1, -0.05) is 5.16 Å². The number of carbonyl (C=O) groups is 1. The predicted molar refractivity (Wildman–Crippen MR) is 43.7 cm³/mol. The number of carboxylic acids is 1. The molecular formula is C6H7F3N4O3. The largest absolute Gasteiger partial charge is 0.490 e. The van der Waals surface area contributed by atoms with E-state index in [0.29, 0.717) is 11.4 Å². The van der Waals surface area contributed by atoms with Gasteiger partial charge in [0, 0.05) is 0 Å². The van der Waals surface area contributed by atoms with Crippen molar-refractivity contribution in [1.29, 1.82) is 5.41 Å². The van der Waals surface area contributed by atoms with Crippen molar-refractivity contribution in [3.63, 3.8) is 0 Å². The van der Waals surface area contributed by atoms with Gasteiger partial charge in [0.1, 0.15) is 11.5 Å². The molecule has 4 N–H and O–H groups in total. The number of carboxylic acid groups (broad SMARTS) is 1. The van der Waals surface area contributed by atoms with E-state index in [9.17, 15) is 13.2 Å². The Morgan fingerprint density at radius 1 is 1.50 bits per heavy atom. The van der Waals surface area contributed by atoms with E-state index in [1.807, 2.05) is 0 Å². The Bertz CT molecular complexity index is 387. The topological polar surface area (TPSA) is 126 Å². The van der Waals surface area contributed by atoms with Crippen molar-refractivity contribution < 1.29 is 27.7 Å². The molecule has 1 aromatic rings. The SMILES string of the molecule is Cc1nonc1C(=N)N.O=C(O)C(F)(F)F. The van der Waals surface area contributed by atoms with Crippen LogP contribution in [0, 0.1) is 12.3 Å². The summed E-state index contributed by atoms with van der Waals surface area (Å²) in [6, 6.07) is 0. The number of alkyl halides is 3. The molecule has 0 aromatic carbocycles. The summed E-state index contributed by atoms with van der Waals surface area (Å²) in [5, 5.41) is 20.8. The third kappa shape index (κ3) is 4.39. The molecule has 0 saturated heterocycles. The summed E-state index contributed by atoms with van der Waals surface area (Å²) in [6.07, 6.45) is -5.08. The van der Waals surface area contributed by atoms with Crippen LogP contribution in [-0.2, 0) is 4.79 Å². The number of nitrogen functional groups attached to an aromatic ring is 1. The van der Waals surface area contributed by atoms with Crippen LogP contribution in [-0.4, -0.2) is 33.4 Å². The third-order valence-electron chi connectivity index (χ3n) is 1.15. The van der Waals surface area contributed by atoms with E-state index in [-0.39, 0.29) is 5.84 Å². The highest BCUT2D eigenvalue weighted by Gasteiger charge is 2.38. The molecule has 7 nitrogen and oxygen atoms in total. The van der Waals surface area contributed by atoms with E-state index in [4.69, 9.17) is 21.0 Å². The van der Waals surface area contributed by atoms with Crippen molar-refractivity contribution in [2.75, 3.05) is 0 Å². The molecule has 1 heterocycles. The van der Waals surface area contributed by atoms with Gasteiger partial charge >= 0.3 is 12.1 Å². The van der Waals surface area contributed by atoms with Gasteiger partial charge in [0.15, 0.2) is 5.69 Å². The van der Waals surface area contributed by atoms with E-state index in [1.165, 1.54) is 0 Å². The molecule has 0 unspecified atom stereocenters. The molecule has 90 valence electrons. The first kappa shape index (κ1) is 13.9. The first-order chi connectivity index (χ1) is 7.16. The lowest BCUT2D eigenvalue weighted by atomic mass is 10.3. The maximum absolute atomic E-state index is 10.6. The molecule has 1 aromatic heterocycles. The highest BCUT2D eigenvalue weighted by molar-refractivity contribution is 5.93. The number of nitrogens with one attached hydrogen (secondary N) is 1. The van der Waals surface area contributed by atoms with Crippen LogP contribution in [0.25, 0.3) is 0 Å². The Balaban J connectivity index is 0.000000293. The van der Waals surface area contributed by atoms with Gasteiger partial charge in [0.25, 0.3) is 0 Å². The molecule has 1 rings (SSSR count). The van der Waals surface area contributed by atoms with Crippen molar-refractivity contribution in [2.24, 2.45) is 5.73 Å². The van der Waals surface area contributed by atoms with Gasteiger partial charge in [-0.15, -0.1) is 0 Å². The van der Waals surface area contributed by atoms with Crippen LogP contribution in [0.15, 0.2) is 4.63 Å². The second-order valence-corrected chi connectivity index (χ2v) is 2.41. The lowest BCUT2D eigenvalue weighted by Crippen LogP contribution is -2.21. The normalized spacial score (nSPS) is 10.2. The molecule has 0 atom stereocenters. The molecule has 0 spiro atoms. The average Bonchev–Trinajstić information content (AvgIpc) is 2.50. The fraction of sp³-hybridized carbons (Fsp3) is 0.333. The molecule has 16 heavy (non-hydrogen) atoms. The number of amidine groups is 1. The third-order valence-corrected chi connectivity index (χ3v) is 1.15. The van der Waals surface area contributed by atoms with Gasteiger partial charge in [-0.3, -0.25) is 5.41 Å². The first-order valence-corrected chi connectivity index (χ1v) is 3.60. The Hall–Kier alpha value is -2.13. The Morgan fingerprint density at radius 2 is 1.94 bits per heavy atom. The molecule has 0 radical (unpaired) electrons. The fourth-order valence-electron chi connectivity index (χ4n) is 0.476. The van der Waals surface area contributed by atoms with Crippen LogP contribution in [0.1, 0.15) is 11.4 Å². The molecule has 0 amide bonds. The summed E-state index contributed by atoms with van der Waals surface area (Å²) < 4.78 is 36.0. The Kier molecular flexibility index (Phi) is 4.41. The van der Waals surface area contributed by atoms with E-state index >= 15 is 0 Å². The lowest BCUT2D eigenvalue weighted by Gasteiger charge is -1.93. The second kappa shape index (κ2) is 5.09. The summed E-state index contributed by atoms with van der Waals surface area (Å²) in [5.74, 6) is -2.87. The first-order valence-electron chi connectivity index (χ1n) is 3.60. The van der Waals surface area contributed by atoms with Crippen molar-refractivity contribution in [3.05, 3.63) is 11.4 Å². The molecule has 0 bridgehead atoms. The molecular weight excluding hydrogens is 233 g/mol. The van der Waals surface area contributed by atoms with Crippen LogP contribution in [0.4, 0.5) is 13.2 Å². The quantitative estimate of drug-likeness (QED) is 0.478. The number of halogens is 3. The number of aromatic nitrogens is 2. The summed E-state index contributed by atoms with van der Waals surface area (Å²) in [4.78, 5) is 8.90. The zero-order valence-corrected chi connectivity index (χ0v) is 7.87. The summed E-state index contributed by atoms with van der Waals surface area (Å²) in [7, 11) is 0. The van der Waals surface area contributed by atoms with Gasteiger partial charge in [0.2, 0.25) is 0 Å². The van der Waals surface area contributed by atoms with Crippen LogP contribution in [0.5, 0.6) is 0 Å². The van der Waals surface area contributed by atoms with E-state index in [2.05, 4.69) is 14.9 Å². The van der Waals surface area contributed by atoms with Crippen molar-refractivity contribution >= 4 is 11.8 Å². The molecule has 0 aliphatic heterocycles. The molecule has 0 aliphatic rings. The minimum Gasteiger partial charge on any atom is -0.475 e. The van der Waals surface area contributed by atoms with Gasteiger partial charge in [0.05, 0.1) is 0 Å². The molecule has 0 aliphatic carbocycles. The predicted octanol–water partition coefficient (Wildman–Crippen LogP) is 0.295. The van der Waals surface area contributed by atoms with Crippen LogP contribution >= 0.6 is 0 Å². The maximum atomic E-state index is 10.6.